The predicted molar refractivity (Wildman–Crippen MR) is 91.7 cm³/mol. The SMILES string of the molecule is COc1cc2sc(NC(=O)COc3ccccc3)nc2cc1Cl. The average molecular weight is 349 g/mol. The zero-order chi connectivity index (χ0) is 16.2. The lowest BCUT2D eigenvalue weighted by Gasteiger charge is -2.04. The van der Waals surface area contributed by atoms with Crippen LogP contribution >= 0.6 is 22.9 Å². The first-order valence-electron chi connectivity index (χ1n) is 6.77. The van der Waals surface area contributed by atoms with E-state index >= 15 is 0 Å². The number of thiazole rings is 1. The van der Waals surface area contributed by atoms with Crippen molar-refractivity contribution in [1.82, 2.24) is 4.98 Å². The van der Waals surface area contributed by atoms with Crippen LogP contribution in [0.5, 0.6) is 11.5 Å². The second kappa shape index (κ2) is 6.85. The maximum atomic E-state index is 11.9. The Labute approximate surface area is 141 Å². The highest BCUT2D eigenvalue weighted by Gasteiger charge is 2.11. The fourth-order valence-corrected chi connectivity index (χ4v) is 3.09. The smallest absolute Gasteiger partial charge is 0.264 e. The molecule has 1 aromatic heterocycles. The zero-order valence-corrected chi connectivity index (χ0v) is 13.8. The molecule has 0 bridgehead atoms. The first-order valence-corrected chi connectivity index (χ1v) is 7.97. The van der Waals surface area contributed by atoms with Gasteiger partial charge in [-0.15, -0.1) is 0 Å². The van der Waals surface area contributed by atoms with Gasteiger partial charge in [0.05, 0.1) is 22.3 Å². The molecule has 1 N–H and O–H groups in total. The Balaban J connectivity index is 1.67. The second-order valence-electron chi connectivity index (χ2n) is 4.62. The van der Waals surface area contributed by atoms with Crippen LogP contribution in [0.2, 0.25) is 5.02 Å². The van der Waals surface area contributed by atoms with Crippen molar-refractivity contribution in [3.63, 3.8) is 0 Å². The van der Waals surface area contributed by atoms with Crippen molar-refractivity contribution in [2.75, 3.05) is 19.0 Å². The summed E-state index contributed by atoms with van der Waals surface area (Å²) >= 11 is 7.42. The molecule has 118 valence electrons. The van der Waals surface area contributed by atoms with E-state index in [0.717, 1.165) is 4.70 Å². The first kappa shape index (κ1) is 15.6. The highest BCUT2D eigenvalue weighted by Crippen LogP contribution is 2.34. The third kappa shape index (κ3) is 3.72. The van der Waals surface area contributed by atoms with Crippen LogP contribution in [0, 0.1) is 0 Å². The maximum absolute atomic E-state index is 11.9. The molecule has 0 aliphatic rings. The number of anilines is 1. The van der Waals surface area contributed by atoms with Crippen LogP contribution in [0.25, 0.3) is 10.2 Å². The number of benzene rings is 2. The molecule has 3 rings (SSSR count). The lowest BCUT2D eigenvalue weighted by Crippen LogP contribution is -2.19. The molecular formula is C16H13ClN2O3S. The molecule has 1 amide bonds. The number of para-hydroxylation sites is 1. The highest BCUT2D eigenvalue weighted by molar-refractivity contribution is 7.22. The minimum Gasteiger partial charge on any atom is -0.495 e. The lowest BCUT2D eigenvalue weighted by atomic mass is 10.3. The van der Waals surface area contributed by atoms with Crippen LogP contribution < -0.4 is 14.8 Å². The third-order valence-corrected chi connectivity index (χ3v) is 4.25. The molecule has 0 saturated heterocycles. The van der Waals surface area contributed by atoms with Gasteiger partial charge in [-0.1, -0.05) is 41.1 Å². The summed E-state index contributed by atoms with van der Waals surface area (Å²) in [7, 11) is 1.55. The van der Waals surface area contributed by atoms with Crippen LogP contribution in [0.3, 0.4) is 0 Å². The van der Waals surface area contributed by atoms with E-state index in [4.69, 9.17) is 21.1 Å². The van der Waals surface area contributed by atoms with Gasteiger partial charge in [-0.05, 0) is 18.2 Å². The van der Waals surface area contributed by atoms with Crippen molar-refractivity contribution in [3.05, 3.63) is 47.5 Å². The molecular weight excluding hydrogens is 336 g/mol. The minimum atomic E-state index is -0.272. The summed E-state index contributed by atoms with van der Waals surface area (Å²) in [5.74, 6) is 0.947. The molecule has 2 aromatic carbocycles. The van der Waals surface area contributed by atoms with Crippen molar-refractivity contribution in [1.29, 1.82) is 0 Å². The summed E-state index contributed by atoms with van der Waals surface area (Å²) in [5.41, 5.74) is 0.708. The summed E-state index contributed by atoms with van der Waals surface area (Å²) in [4.78, 5) is 16.3. The van der Waals surface area contributed by atoms with Crippen LogP contribution in [-0.4, -0.2) is 24.6 Å². The van der Waals surface area contributed by atoms with Gasteiger partial charge in [0.25, 0.3) is 5.91 Å². The Morgan fingerprint density at radius 2 is 2.09 bits per heavy atom. The molecule has 5 nitrogen and oxygen atoms in total. The normalized spacial score (nSPS) is 10.5. The van der Waals surface area contributed by atoms with E-state index in [1.807, 2.05) is 18.2 Å². The Morgan fingerprint density at radius 3 is 2.83 bits per heavy atom. The maximum Gasteiger partial charge on any atom is 0.264 e. The number of halogens is 1. The molecule has 7 heteroatoms. The number of hydrogen-bond donors (Lipinski definition) is 1. The minimum absolute atomic E-state index is 0.0793. The number of aromatic nitrogens is 1. The van der Waals surface area contributed by atoms with E-state index in [1.54, 1.807) is 31.4 Å². The Hall–Kier alpha value is -2.31. The molecule has 0 aliphatic heterocycles. The second-order valence-corrected chi connectivity index (χ2v) is 6.06. The van der Waals surface area contributed by atoms with E-state index in [0.29, 0.717) is 27.2 Å². The third-order valence-electron chi connectivity index (χ3n) is 3.02. The van der Waals surface area contributed by atoms with E-state index in [2.05, 4.69) is 10.3 Å². The van der Waals surface area contributed by atoms with Gasteiger partial charge in [0.15, 0.2) is 11.7 Å². The largest absolute Gasteiger partial charge is 0.495 e. The number of rotatable bonds is 5. The molecule has 0 atom stereocenters. The molecule has 0 fully saturated rings. The molecule has 0 unspecified atom stereocenters. The van der Waals surface area contributed by atoms with Crippen molar-refractivity contribution < 1.29 is 14.3 Å². The van der Waals surface area contributed by atoms with E-state index in [-0.39, 0.29) is 12.5 Å². The molecule has 1 heterocycles. The number of amides is 1. The lowest BCUT2D eigenvalue weighted by molar-refractivity contribution is -0.118. The number of nitrogens with one attached hydrogen (secondary N) is 1. The number of ether oxygens (including phenoxy) is 2. The Kier molecular flexibility index (Phi) is 4.64. The number of fused-ring (bicyclic) bond motifs is 1. The van der Waals surface area contributed by atoms with Crippen LogP contribution in [0.15, 0.2) is 42.5 Å². The topological polar surface area (TPSA) is 60.5 Å². The van der Waals surface area contributed by atoms with E-state index in [1.165, 1.54) is 11.3 Å². The Morgan fingerprint density at radius 1 is 1.30 bits per heavy atom. The van der Waals surface area contributed by atoms with Gasteiger partial charge in [0.1, 0.15) is 11.5 Å². The number of nitrogens with zero attached hydrogens (tertiary/aromatic N) is 1. The first-order chi connectivity index (χ1) is 11.2. The predicted octanol–water partition coefficient (Wildman–Crippen LogP) is 3.98. The van der Waals surface area contributed by atoms with Gasteiger partial charge < -0.3 is 9.47 Å². The summed E-state index contributed by atoms with van der Waals surface area (Å²) < 4.78 is 11.4. The quantitative estimate of drug-likeness (QED) is 0.757. The van der Waals surface area contributed by atoms with Crippen LogP contribution in [0.4, 0.5) is 5.13 Å². The molecule has 3 aromatic rings. The standard InChI is InChI=1S/C16H13ClN2O3S/c1-21-13-8-14-12(7-11(13)17)18-16(23-14)19-15(20)9-22-10-5-3-2-4-6-10/h2-8H,9H2,1H3,(H,18,19,20). The fourth-order valence-electron chi connectivity index (χ4n) is 1.96. The zero-order valence-electron chi connectivity index (χ0n) is 12.2. The number of carbonyl (C=O) groups excluding carboxylic acids is 1. The summed E-state index contributed by atoms with van der Waals surface area (Å²) in [6.07, 6.45) is 0. The summed E-state index contributed by atoms with van der Waals surface area (Å²) in [6.45, 7) is -0.0793. The van der Waals surface area contributed by atoms with Gasteiger partial charge >= 0.3 is 0 Å². The van der Waals surface area contributed by atoms with Gasteiger partial charge in [-0.25, -0.2) is 4.98 Å². The van der Waals surface area contributed by atoms with Crippen LogP contribution in [-0.2, 0) is 4.79 Å². The monoisotopic (exact) mass is 348 g/mol. The van der Waals surface area contributed by atoms with E-state index < -0.39 is 0 Å². The molecule has 23 heavy (non-hydrogen) atoms. The van der Waals surface area contributed by atoms with Crippen molar-refractivity contribution in [3.8, 4) is 11.5 Å². The molecule has 0 aliphatic carbocycles. The van der Waals surface area contributed by atoms with E-state index in [9.17, 15) is 4.79 Å². The molecule has 0 saturated carbocycles. The van der Waals surface area contributed by atoms with Gasteiger partial charge in [0, 0.05) is 6.07 Å². The Bertz CT molecular complexity index is 836. The summed E-state index contributed by atoms with van der Waals surface area (Å²) in [6, 6.07) is 12.7. The summed E-state index contributed by atoms with van der Waals surface area (Å²) in [5, 5.41) is 3.69. The van der Waals surface area contributed by atoms with Gasteiger partial charge in [0.2, 0.25) is 0 Å². The van der Waals surface area contributed by atoms with Gasteiger partial charge in [-0.3, -0.25) is 10.1 Å². The van der Waals surface area contributed by atoms with Crippen molar-refractivity contribution >= 4 is 44.2 Å². The number of hydrogen-bond acceptors (Lipinski definition) is 5. The van der Waals surface area contributed by atoms with Crippen molar-refractivity contribution in [2.24, 2.45) is 0 Å². The number of methoxy groups -OCH3 is 1. The van der Waals surface area contributed by atoms with Crippen LogP contribution in [0.1, 0.15) is 0 Å². The fraction of sp³-hybridized carbons (Fsp3) is 0.125. The molecule has 0 radical (unpaired) electrons. The number of carbonyl (C=O) groups is 1. The molecule has 0 spiro atoms. The van der Waals surface area contributed by atoms with Gasteiger partial charge in [-0.2, -0.15) is 0 Å². The van der Waals surface area contributed by atoms with Crippen molar-refractivity contribution in [2.45, 2.75) is 0 Å². The highest BCUT2D eigenvalue weighted by atomic mass is 35.5. The average Bonchev–Trinajstić information content (AvgIpc) is 2.94.